The lowest BCUT2D eigenvalue weighted by Gasteiger charge is -2.14. The third-order valence-electron chi connectivity index (χ3n) is 5.08. The normalized spacial score (nSPS) is 16.9. The summed E-state index contributed by atoms with van der Waals surface area (Å²) in [4.78, 5) is 30.4. The first-order chi connectivity index (χ1) is 13.0. The fourth-order valence-electron chi connectivity index (χ4n) is 3.62. The van der Waals surface area contributed by atoms with Crippen molar-refractivity contribution in [1.29, 1.82) is 0 Å². The molecule has 0 saturated heterocycles. The average molecular weight is 364 g/mol. The van der Waals surface area contributed by atoms with E-state index in [2.05, 4.69) is 4.99 Å². The molecule has 1 aliphatic carbocycles. The van der Waals surface area contributed by atoms with E-state index in [1.165, 1.54) is 24.3 Å². The Labute approximate surface area is 155 Å². The van der Waals surface area contributed by atoms with Gasteiger partial charge in [-0.05, 0) is 49.8 Å². The van der Waals surface area contributed by atoms with Gasteiger partial charge in [-0.1, -0.05) is 24.1 Å². The zero-order valence-electron chi connectivity index (χ0n) is 15.1. The number of carbonyl (C=O) groups is 1. The summed E-state index contributed by atoms with van der Waals surface area (Å²) in [6, 6.07) is 5.25. The molecule has 0 N–H and O–H groups in total. The predicted molar refractivity (Wildman–Crippen MR) is 100 cm³/mol. The molecule has 1 aliphatic heterocycles. The van der Waals surface area contributed by atoms with Crippen LogP contribution in [0.2, 0.25) is 0 Å². The molecule has 1 aromatic carbocycles. The highest BCUT2D eigenvalue weighted by Gasteiger charge is 2.38. The van der Waals surface area contributed by atoms with Crippen LogP contribution in [-0.4, -0.2) is 16.1 Å². The predicted octanol–water partition coefficient (Wildman–Crippen LogP) is 2.78. The van der Waals surface area contributed by atoms with Crippen molar-refractivity contribution in [2.24, 2.45) is 4.99 Å². The Kier molecular flexibility index (Phi) is 4.18. The van der Waals surface area contributed by atoms with Gasteiger partial charge in [-0.2, -0.15) is 4.57 Å². The Hall–Kier alpha value is -3.15. The molecule has 2 aliphatic rings. The van der Waals surface area contributed by atoms with Crippen LogP contribution in [0.3, 0.4) is 0 Å². The smallest absolute Gasteiger partial charge is 0.291 e. The van der Waals surface area contributed by atoms with Crippen LogP contribution in [0.25, 0.3) is 0 Å². The molecule has 1 unspecified atom stereocenters. The molecule has 1 aromatic heterocycles. The van der Waals surface area contributed by atoms with E-state index in [4.69, 9.17) is 0 Å². The number of fused-ring (bicyclic) bond motifs is 3. The summed E-state index contributed by atoms with van der Waals surface area (Å²) in [5, 5.41) is 0. The van der Waals surface area contributed by atoms with Crippen molar-refractivity contribution < 1.29 is 13.8 Å². The number of halogens is 1. The molecular formula is C21H19FN3O2+. The van der Waals surface area contributed by atoms with Crippen LogP contribution in [0.15, 0.2) is 58.4 Å². The van der Waals surface area contributed by atoms with E-state index in [0.717, 1.165) is 11.4 Å². The minimum Gasteiger partial charge on any atom is -0.291 e. The Morgan fingerprint density at radius 1 is 1.26 bits per heavy atom. The second-order valence-corrected chi connectivity index (χ2v) is 6.63. The summed E-state index contributed by atoms with van der Waals surface area (Å²) >= 11 is 0. The van der Waals surface area contributed by atoms with Crippen molar-refractivity contribution >= 4 is 17.4 Å². The Morgan fingerprint density at radius 2 is 2.00 bits per heavy atom. The van der Waals surface area contributed by atoms with Gasteiger partial charge in [0.15, 0.2) is 17.5 Å². The molecule has 0 bridgehead atoms. The zero-order chi connectivity index (χ0) is 19.1. The minimum absolute atomic E-state index is 0.0387. The van der Waals surface area contributed by atoms with Gasteiger partial charge >= 0.3 is 11.5 Å². The van der Waals surface area contributed by atoms with Gasteiger partial charge in [0.05, 0.1) is 11.3 Å². The van der Waals surface area contributed by atoms with Crippen LogP contribution >= 0.6 is 0 Å². The third-order valence-corrected chi connectivity index (χ3v) is 5.08. The highest BCUT2D eigenvalue weighted by molar-refractivity contribution is 6.03. The molecule has 5 nitrogen and oxygen atoms in total. The lowest BCUT2D eigenvalue weighted by Crippen LogP contribution is -2.47. The SMILES string of the molecule is CCc1c(C)[n+](CC(=O)c2ccc(F)cc2)c2n(c1=O)C1C=CC=CC1=N2. The fraction of sp³-hybridized carbons (Fsp3) is 0.238. The van der Waals surface area contributed by atoms with Crippen LogP contribution in [0.4, 0.5) is 10.3 Å². The number of nitrogens with zero attached hydrogens (tertiary/aromatic N) is 3. The third kappa shape index (κ3) is 2.77. The van der Waals surface area contributed by atoms with Gasteiger partial charge in [0.25, 0.3) is 0 Å². The van der Waals surface area contributed by atoms with Gasteiger partial charge in [0.1, 0.15) is 12.4 Å². The number of aromatic nitrogens is 2. The van der Waals surface area contributed by atoms with Gasteiger partial charge in [0.2, 0.25) is 0 Å². The molecule has 0 fully saturated rings. The van der Waals surface area contributed by atoms with Crippen molar-refractivity contribution in [1.82, 2.24) is 4.57 Å². The van der Waals surface area contributed by atoms with Crippen LogP contribution in [0, 0.1) is 12.7 Å². The Bertz CT molecular complexity index is 1090. The second kappa shape index (κ2) is 6.54. The molecule has 6 heteroatoms. The Balaban J connectivity index is 1.85. The van der Waals surface area contributed by atoms with Gasteiger partial charge in [0, 0.05) is 5.56 Å². The summed E-state index contributed by atoms with van der Waals surface area (Å²) in [5.41, 5.74) is 2.55. The van der Waals surface area contributed by atoms with Crippen LogP contribution < -0.4 is 10.1 Å². The molecule has 2 aromatic rings. The highest BCUT2D eigenvalue weighted by atomic mass is 19.1. The van der Waals surface area contributed by atoms with Crippen molar-refractivity contribution in [3.8, 4) is 0 Å². The lowest BCUT2D eigenvalue weighted by atomic mass is 10.1. The molecule has 0 saturated carbocycles. The highest BCUT2D eigenvalue weighted by Crippen LogP contribution is 2.28. The molecule has 0 spiro atoms. The molecule has 4 rings (SSSR count). The van der Waals surface area contributed by atoms with E-state index in [0.29, 0.717) is 23.5 Å². The van der Waals surface area contributed by atoms with Crippen LogP contribution in [0.1, 0.15) is 34.6 Å². The standard InChI is InChI=1S/C21H19FN3O2/c1-3-16-13(2)24(12-19(26)14-8-10-15(22)11-9-14)21-23-17-6-4-5-7-18(17)25(21)20(16)27/h4-11,18H,3,12H2,1-2H3/q+1. The maximum Gasteiger partial charge on any atom is 0.403 e. The van der Waals surface area contributed by atoms with Crippen molar-refractivity contribution in [3.05, 3.63) is 81.6 Å². The zero-order valence-corrected chi connectivity index (χ0v) is 15.1. The number of benzene rings is 1. The van der Waals surface area contributed by atoms with E-state index in [1.807, 2.05) is 38.2 Å². The topological polar surface area (TPSA) is 55.3 Å². The quantitative estimate of drug-likeness (QED) is 0.619. The Morgan fingerprint density at radius 3 is 2.70 bits per heavy atom. The van der Waals surface area contributed by atoms with Crippen LogP contribution in [-0.2, 0) is 13.0 Å². The first-order valence-corrected chi connectivity index (χ1v) is 8.91. The maximum absolute atomic E-state index is 13.1. The largest absolute Gasteiger partial charge is 0.403 e. The number of ketones is 1. The number of hydrogen-bond acceptors (Lipinski definition) is 3. The number of allylic oxidation sites excluding steroid dienone is 4. The lowest BCUT2D eigenvalue weighted by molar-refractivity contribution is -0.680. The number of hydrogen-bond donors (Lipinski definition) is 0. The van der Waals surface area contributed by atoms with Gasteiger partial charge in [-0.15, -0.1) is 0 Å². The molecule has 0 amide bonds. The van der Waals surface area contributed by atoms with E-state index < -0.39 is 0 Å². The molecule has 1 atom stereocenters. The first kappa shape index (κ1) is 17.3. The molecule has 27 heavy (non-hydrogen) atoms. The van der Waals surface area contributed by atoms with E-state index in [-0.39, 0.29) is 29.7 Å². The molecular weight excluding hydrogens is 345 g/mol. The molecule has 0 radical (unpaired) electrons. The minimum atomic E-state index is -0.384. The summed E-state index contributed by atoms with van der Waals surface area (Å²) < 4.78 is 16.6. The number of aliphatic imine (C=N–C) groups is 1. The summed E-state index contributed by atoms with van der Waals surface area (Å²) in [5.74, 6) is -0.0704. The number of carbonyl (C=O) groups excluding carboxylic acids is 1. The summed E-state index contributed by atoms with van der Waals surface area (Å²) in [6.07, 6.45) is 8.15. The van der Waals surface area contributed by atoms with Gasteiger partial charge in [-0.25, -0.2) is 8.96 Å². The van der Waals surface area contributed by atoms with E-state index >= 15 is 0 Å². The first-order valence-electron chi connectivity index (χ1n) is 8.91. The number of Topliss-reactive ketones (excluding diaryl/α,β-unsaturated/α-hetero) is 1. The summed E-state index contributed by atoms with van der Waals surface area (Å²) in [7, 11) is 0. The van der Waals surface area contributed by atoms with Crippen molar-refractivity contribution in [2.75, 3.05) is 0 Å². The van der Waals surface area contributed by atoms with Gasteiger partial charge < -0.3 is 0 Å². The molecule has 2 heterocycles. The van der Waals surface area contributed by atoms with E-state index in [9.17, 15) is 14.0 Å². The summed E-state index contributed by atoms with van der Waals surface area (Å²) in [6.45, 7) is 3.81. The average Bonchev–Trinajstić information content (AvgIpc) is 3.05. The molecule has 136 valence electrons. The monoisotopic (exact) mass is 364 g/mol. The van der Waals surface area contributed by atoms with Crippen molar-refractivity contribution in [2.45, 2.75) is 32.9 Å². The maximum atomic E-state index is 13.1. The number of rotatable bonds is 4. The van der Waals surface area contributed by atoms with E-state index in [1.54, 1.807) is 9.13 Å². The second-order valence-electron chi connectivity index (χ2n) is 6.63. The fourth-order valence-corrected chi connectivity index (χ4v) is 3.62. The van der Waals surface area contributed by atoms with Gasteiger partial charge in [-0.3, -0.25) is 9.59 Å². The van der Waals surface area contributed by atoms with Crippen molar-refractivity contribution in [3.63, 3.8) is 0 Å². The van der Waals surface area contributed by atoms with Crippen LogP contribution in [0.5, 0.6) is 0 Å².